The molecule has 5 aliphatic rings. The van der Waals surface area contributed by atoms with Crippen molar-refractivity contribution >= 4 is 23.6 Å². The molecule has 2 aliphatic heterocycles. The fraction of sp³-hybridized carbons (Fsp3) is 0.588. The molecule has 8 nitrogen and oxygen atoms in total. The van der Waals surface area contributed by atoms with Crippen LogP contribution in [0.15, 0.2) is 48.8 Å². The van der Waals surface area contributed by atoms with Gasteiger partial charge in [-0.15, -0.1) is 0 Å². The van der Waals surface area contributed by atoms with E-state index in [-0.39, 0.29) is 35.2 Å². The van der Waals surface area contributed by atoms with Crippen molar-refractivity contribution in [3.8, 4) is 0 Å². The second-order valence-electron chi connectivity index (χ2n) is 14.6. The Bertz CT molecular complexity index is 1330. The highest BCUT2D eigenvalue weighted by Gasteiger charge is 2.87. The molecular formula is C34H44N4O4. The average molecular weight is 573 g/mol. The summed E-state index contributed by atoms with van der Waals surface area (Å²) in [6, 6.07) is 10.1. The lowest BCUT2D eigenvalue weighted by atomic mass is 9.87. The molecule has 224 valence electrons. The summed E-state index contributed by atoms with van der Waals surface area (Å²) in [6.07, 6.45) is 8.09. The first-order valence-corrected chi connectivity index (χ1v) is 15.5. The molecule has 8 heteroatoms. The van der Waals surface area contributed by atoms with Crippen LogP contribution in [0.2, 0.25) is 0 Å². The second kappa shape index (κ2) is 10.4. The molecule has 2 saturated heterocycles. The first kappa shape index (κ1) is 28.7. The van der Waals surface area contributed by atoms with Gasteiger partial charge in [0.2, 0.25) is 5.91 Å². The molecule has 3 saturated carbocycles. The van der Waals surface area contributed by atoms with Gasteiger partial charge >= 0.3 is 6.09 Å². The Balaban J connectivity index is 1.40. The lowest BCUT2D eigenvalue weighted by Crippen LogP contribution is -2.54. The smallest absolute Gasteiger partial charge is 0.411 e. The van der Waals surface area contributed by atoms with Crippen molar-refractivity contribution in [3.63, 3.8) is 0 Å². The molecule has 7 rings (SSSR count). The van der Waals surface area contributed by atoms with Crippen molar-refractivity contribution in [1.29, 1.82) is 0 Å². The summed E-state index contributed by atoms with van der Waals surface area (Å²) >= 11 is 0. The number of ether oxygens (including phenoxy) is 1. The van der Waals surface area contributed by atoms with Gasteiger partial charge in [-0.3, -0.25) is 24.4 Å². The Morgan fingerprint density at radius 1 is 0.952 bits per heavy atom. The van der Waals surface area contributed by atoms with Crippen molar-refractivity contribution in [2.75, 3.05) is 4.90 Å². The SMILES string of the molecule is CC(C)(C)OC(=O)N1C(C(=O)N(c2ccc(C(C)(C)C)cc2)C(C(=O)NC2CCCCC2)c2cccnc2)C2C3C2C31. The monoisotopic (exact) mass is 572 g/mol. The fourth-order valence-electron chi connectivity index (χ4n) is 7.18. The largest absolute Gasteiger partial charge is 0.444 e. The Morgan fingerprint density at radius 3 is 2.19 bits per heavy atom. The highest BCUT2D eigenvalue weighted by Crippen LogP contribution is 2.78. The van der Waals surface area contributed by atoms with Gasteiger partial charge in [-0.25, -0.2) is 4.79 Å². The maximum Gasteiger partial charge on any atom is 0.411 e. The van der Waals surface area contributed by atoms with Crippen LogP contribution in [0, 0.1) is 17.8 Å². The molecule has 2 aromatic rings. The Kier molecular flexibility index (Phi) is 7.09. The van der Waals surface area contributed by atoms with Crippen molar-refractivity contribution in [2.45, 2.75) is 109 Å². The van der Waals surface area contributed by atoms with Crippen LogP contribution in [-0.4, -0.2) is 51.5 Å². The van der Waals surface area contributed by atoms with Gasteiger partial charge in [0, 0.05) is 35.7 Å². The number of rotatable bonds is 6. The number of anilines is 1. The first-order chi connectivity index (χ1) is 19.9. The molecule has 3 amide bonds. The molecule has 4 atom stereocenters. The molecule has 4 unspecified atom stereocenters. The van der Waals surface area contributed by atoms with E-state index in [1.165, 1.54) is 6.42 Å². The minimum absolute atomic E-state index is 0.0526. The number of hydrogen-bond donors (Lipinski definition) is 1. The molecule has 1 aromatic carbocycles. The van der Waals surface area contributed by atoms with Crippen LogP contribution in [0.4, 0.5) is 10.5 Å². The third-order valence-corrected chi connectivity index (χ3v) is 9.39. The molecule has 3 heterocycles. The minimum Gasteiger partial charge on any atom is -0.444 e. The quantitative estimate of drug-likeness (QED) is 0.475. The van der Waals surface area contributed by atoms with Gasteiger partial charge in [0.15, 0.2) is 0 Å². The van der Waals surface area contributed by atoms with E-state index >= 15 is 0 Å². The lowest BCUT2D eigenvalue weighted by Gasteiger charge is -2.36. The van der Waals surface area contributed by atoms with E-state index < -0.39 is 23.8 Å². The number of carbonyl (C=O) groups excluding carboxylic acids is 3. The number of hydrogen-bond acceptors (Lipinski definition) is 5. The Hall–Kier alpha value is -3.42. The molecule has 0 radical (unpaired) electrons. The molecule has 2 bridgehead atoms. The van der Waals surface area contributed by atoms with Gasteiger partial charge in [-0.05, 0) is 80.5 Å². The van der Waals surface area contributed by atoms with Crippen molar-refractivity contribution in [3.05, 3.63) is 59.9 Å². The van der Waals surface area contributed by atoms with Crippen molar-refractivity contribution in [2.24, 2.45) is 17.8 Å². The predicted molar refractivity (Wildman–Crippen MR) is 161 cm³/mol. The van der Waals surface area contributed by atoms with E-state index in [4.69, 9.17) is 4.74 Å². The molecular weight excluding hydrogens is 528 g/mol. The Labute approximate surface area is 249 Å². The summed E-state index contributed by atoms with van der Waals surface area (Å²) in [5.41, 5.74) is 1.65. The summed E-state index contributed by atoms with van der Waals surface area (Å²) in [7, 11) is 0. The molecule has 42 heavy (non-hydrogen) atoms. The van der Waals surface area contributed by atoms with Crippen molar-refractivity contribution < 1.29 is 19.1 Å². The number of benzene rings is 1. The van der Waals surface area contributed by atoms with Gasteiger partial charge < -0.3 is 10.1 Å². The van der Waals surface area contributed by atoms with Gasteiger partial charge in [0.25, 0.3) is 5.91 Å². The fourth-order valence-corrected chi connectivity index (χ4v) is 7.18. The van der Waals surface area contributed by atoms with Crippen LogP contribution in [-0.2, 0) is 19.7 Å². The number of pyridine rings is 1. The molecule has 0 spiro atoms. The number of aromatic nitrogens is 1. The highest BCUT2D eigenvalue weighted by atomic mass is 16.6. The molecule has 1 aromatic heterocycles. The number of nitrogens with one attached hydrogen (secondary N) is 1. The van der Waals surface area contributed by atoms with Crippen molar-refractivity contribution in [1.82, 2.24) is 15.2 Å². The summed E-state index contributed by atoms with van der Waals surface area (Å²) in [5, 5.41) is 3.27. The highest BCUT2D eigenvalue weighted by molar-refractivity contribution is 6.06. The molecule has 5 fully saturated rings. The lowest BCUT2D eigenvalue weighted by molar-refractivity contribution is -0.129. The van der Waals surface area contributed by atoms with E-state index in [2.05, 4.69) is 31.1 Å². The predicted octanol–water partition coefficient (Wildman–Crippen LogP) is 5.77. The summed E-state index contributed by atoms with van der Waals surface area (Å²) in [4.78, 5) is 50.1. The second-order valence-corrected chi connectivity index (χ2v) is 14.6. The van der Waals surface area contributed by atoms with Crippen LogP contribution < -0.4 is 10.2 Å². The van der Waals surface area contributed by atoms with Crippen LogP contribution in [0.1, 0.15) is 90.8 Å². The first-order valence-electron chi connectivity index (χ1n) is 15.5. The maximum atomic E-state index is 14.8. The summed E-state index contributed by atoms with van der Waals surface area (Å²) in [5.74, 6) is 0.357. The molecule has 1 N–H and O–H groups in total. The number of carbonyl (C=O) groups is 3. The van der Waals surface area contributed by atoms with E-state index in [0.29, 0.717) is 23.1 Å². The van der Waals surface area contributed by atoms with Gasteiger partial charge in [-0.2, -0.15) is 0 Å². The average Bonchev–Trinajstić information content (AvgIpc) is 3.77. The van der Waals surface area contributed by atoms with E-state index in [0.717, 1.165) is 31.2 Å². The number of piperidine rings is 1. The van der Waals surface area contributed by atoms with Crippen LogP contribution in [0.5, 0.6) is 0 Å². The molecule has 3 aliphatic carbocycles. The van der Waals surface area contributed by atoms with E-state index in [1.807, 2.05) is 51.1 Å². The third-order valence-electron chi connectivity index (χ3n) is 9.39. The maximum absolute atomic E-state index is 14.8. The zero-order valence-corrected chi connectivity index (χ0v) is 25.7. The minimum atomic E-state index is -0.929. The summed E-state index contributed by atoms with van der Waals surface area (Å²) < 4.78 is 5.77. The normalized spacial score (nSPS) is 27.1. The van der Waals surface area contributed by atoms with E-state index in [1.54, 1.807) is 28.3 Å². The van der Waals surface area contributed by atoms with Gasteiger partial charge in [0.05, 0.1) is 0 Å². The van der Waals surface area contributed by atoms with E-state index in [9.17, 15) is 14.4 Å². The topological polar surface area (TPSA) is 91.8 Å². The van der Waals surface area contributed by atoms with Gasteiger partial charge in [0.1, 0.15) is 17.7 Å². The van der Waals surface area contributed by atoms with Crippen LogP contribution in [0.25, 0.3) is 0 Å². The summed E-state index contributed by atoms with van der Waals surface area (Å²) in [6.45, 7) is 12.0. The van der Waals surface area contributed by atoms with Crippen LogP contribution >= 0.6 is 0 Å². The number of amides is 3. The number of nitrogens with zero attached hydrogens (tertiary/aromatic N) is 3. The third kappa shape index (κ3) is 5.29. The van der Waals surface area contributed by atoms with Gasteiger partial charge in [-0.1, -0.05) is 58.2 Å². The van der Waals surface area contributed by atoms with Crippen LogP contribution in [0.3, 0.4) is 0 Å². The Morgan fingerprint density at radius 2 is 1.62 bits per heavy atom. The zero-order chi connectivity index (χ0) is 30.0. The zero-order valence-electron chi connectivity index (χ0n) is 25.7. The standard InChI is InChI=1S/C34H44N4O4/c1-33(2,3)21-14-16-23(17-15-21)37(27(20-11-10-18-35-19-20)30(39)36-22-12-8-7-9-13-22)31(40)29-26-24-25(26)28(24)38(29)32(41)42-34(4,5)6/h10-11,14-19,22,24-29H,7-9,12-13H2,1-6H3,(H,36,39). The number of fused-ring (bicyclic) bond motifs is 1.